The molecule has 112 valence electrons. The van der Waals surface area contributed by atoms with Gasteiger partial charge in [0.05, 0.1) is 7.11 Å². The largest absolute Gasteiger partial charge is 0.467 e. The van der Waals surface area contributed by atoms with E-state index in [4.69, 9.17) is 0 Å². The molecule has 0 fully saturated rings. The van der Waals surface area contributed by atoms with Crippen LogP contribution in [0.1, 0.15) is 0 Å². The van der Waals surface area contributed by atoms with Crippen LogP contribution in [0.4, 0.5) is 0 Å². The standard InChI is InChI=1S/C12H18N2O4S2/c1-4-10(15)13-6-7-19-20-8-9(12(17)18-3)14-11(16)5-2/h4-5,9H,1-2,6-8H2,3H3,(H,13,15)(H,14,16). The topological polar surface area (TPSA) is 84.5 Å². The number of carbonyl (C=O) groups is 3. The minimum Gasteiger partial charge on any atom is -0.467 e. The van der Waals surface area contributed by atoms with E-state index in [1.165, 1.54) is 34.8 Å². The summed E-state index contributed by atoms with van der Waals surface area (Å²) >= 11 is 0. The van der Waals surface area contributed by atoms with Gasteiger partial charge in [0.25, 0.3) is 0 Å². The number of rotatable bonds is 10. The van der Waals surface area contributed by atoms with E-state index >= 15 is 0 Å². The molecule has 0 rings (SSSR count). The molecule has 0 heterocycles. The molecule has 0 aromatic carbocycles. The Morgan fingerprint density at radius 3 is 2.40 bits per heavy atom. The number of hydrogen-bond acceptors (Lipinski definition) is 6. The number of carbonyl (C=O) groups excluding carboxylic acids is 3. The Balaban J connectivity index is 3.93. The van der Waals surface area contributed by atoms with Crippen LogP contribution in [0.15, 0.2) is 25.3 Å². The van der Waals surface area contributed by atoms with E-state index in [0.29, 0.717) is 18.1 Å². The molecular formula is C12H18N2O4S2. The summed E-state index contributed by atoms with van der Waals surface area (Å²) in [5.74, 6) is -0.112. The second kappa shape index (κ2) is 11.4. The zero-order valence-electron chi connectivity index (χ0n) is 11.2. The van der Waals surface area contributed by atoms with Crippen molar-refractivity contribution in [2.45, 2.75) is 6.04 Å². The number of methoxy groups -OCH3 is 1. The van der Waals surface area contributed by atoms with Crippen molar-refractivity contribution in [2.75, 3.05) is 25.2 Å². The lowest BCUT2D eigenvalue weighted by atomic mass is 10.3. The Hall–Kier alpha value is -1.41. The molecule has 2 amide bonds. The van der Waals surface area contributed by atoms with Crippen molar-refractivity contribution in [3.63, 3.8) is 0 Å². The van der Waals surface area contributed by atoms with E-state index in [1.54, 1.807) is 0 Å². The van der Waals surface area contributed by atoms with E-state index in [2.05, 4.69) is 28.5 Å². The summed E-state index contributed by atoms with van der Waals surface area (Å²) < 4.78 is 4.60. The van der Waals surface area contributed by atoms with Gasteiger partial charge in [0.1, 0.15) is 6.04 Å². The summed E-state index contributed by atoms with van der Waals surface area (Å²) in [6, 6.07) is -0.717. The van der Waals surface area contributed by atoms with Gasteiger partial charge in [0, 0.05) is 18.1 Å². The first-order valence-corrected chi connectivity index (χ1v) is 8.19. The first kappa shape index (κ1) is 18.6. The Kier molecular flexibility index (Phi) is 10.6. The lowest BCUT2D eigenvalue weighted by molar-refractivity contribution is -0.143. The van der Waals surface area contributed by atoms with Crippen LogP contribution in [0.3, 0.4) is 0 Å². The minimum absolute atomic E-state index is 0.221. The van der Waals surface area contributed by atoms with Crippen molar-refractivity contribution in [1.29, 1.82) is 0 Å². The smallest absolute Gasteiger partial charge is 0.329 e. The van der Waals surface area contributed by atoms with Gasteiger partial charge in [-0.1, -0.05) is 34.7 Å². The van der Waals surface area contributed by atoms with Gasteiger partial charge in [-0.05, 0) is 12.2 Å². The average Bonchev–Trinajstić information content (AvgIpc) is 2.47. The fraction of sp³-hybridized carbons (Fsp3) is 0.417. The maximum absolute atomic E-state index is 11.4. The molecule has 8 heteroatoms. The van der Waals surface area contributed by atoms with Gasteiger partial charge in [-0.15, -0.1) is 0 Å². The predicted octanol–water partition coefficient (Wildman–Crippen LogP) is 0.514. The fourth-order valence-electron chi connectivity index (χ4n) is 1.00. The maximum Gasteiger partial charge on any atom is 0.329 e. The molecule has 1 unspecified atom stereocenters. The highest BCUT2D eigenvalue weighted by Gasteiger charge is 2.20. The second-order valence-corrected chi connectivity index (χ2v) is 6.02. The zero-order valence-corrected chi connectivity index (χ0v) is 12.9. The summed E-state index contributed by atoms with van der Waals surface area (Å²) in [6.07, 6.45) is 2.30. The molecule has 0 saturated heterocycles. The molecule has 1 atom stereocenters. The first-order chi connectivity index (χ1) is 9.54. The summed E-state index contributed by atoms with van der Waals surface area (Å²) in [6.45, 7) is 7.16. The highest BCUT2D eigenvalue weighted by molar-refractivity contribution is 8.76. The number of esters is 1. The Morgan fingerprint density at radius 2 is 1.85 bits per heavy atom. The molecule has 2 N–H and O–H groups in total. The molecule has 0 aromatic rings. The molecule has 0 aliphatic rings. The Bertz CT molecular complexity index is 374. The van der Waals surface area contributed by atoms with Gasteiger partial charge in [-0.3, -0.25) is 9.59 Å². The summed E-state index contributed by atoms with van der Waals surface area (Å²) in [5, 5.41) is 5.12. The molecule has 0 aliphatic heterocycles. The second-order valence-electron chi connectivity index (χ2n) is 3.39. The van der Waals surface area contributed by atoms with E-state index in [-0.39, 0.29) is 5.91 Å². The monoisotopic (exact) mass is 318 g/mol. The van der Waals surface area contributed by atoms with Gasteiger partial charge in [0.2, 0.25) is 11.8 Å². The van der Waals surface area contributed by atoms with Gasteiger partial charge in [0.15, 0.2) is 0 Å². The molecule has 0 spiro atoms. The van der Waals surface area contributed by atoms with Gasteiger partial charge in [-0.25, -0.2) is 4.79 Å². The molecule has 0 radical (unpaired) electrons. The van der Waals surface area contributed by atoms with Crippen molar-refractivity contribution < 1.29 is 19.1 Å². The number of nitrogens with one attached hydrogen (secondary N) is 2. The van der Waals surface area contributed by atoms with Crippen LogP contribution in [0.25, 0.3) is 0 Å². The lowest BCUT2D eigenvalue weighted by Gasteiger charge is -2.14. The van der Waals surface area contributed by atoms with Crippen LogP contribution in [0.5, 0.6) is 0 Å². The molecule has 0 aromatic heterocycles. The molecule has 0 aliphatic carbocycles. The average molecular weight is 318 g/mol. The van der Waals surface area contributed by atoms with Crippen molar-refractivity contribution in [3.8, 4) is 0 Å². The fourth-order valence-corrected chi connectivity index (χ4v) is 3.06. The summed E-state index contributed by atoms with van der Waals surface area (Å²) in [5.41, 5.74) is 0. The third-order valence-electron chi connectivity index (χ3n) is 1.98. The third-order valence-corrected chi connectivity index (χ3v) is 4.39. The van der Waals surface area contributed by atoms with E-state index in [9.17, 15) is 14.4 Å². The highest BCUT2D eigenvalue weighted by atomic mass is 33.1. The molecule has 0 saturated carbocycles. The number of amides is 2. The van der Waals surface area contributed by atoms with Crippen LogP contribution in [-0.2, 0) is 19.1 Å². The van der Waals surface area contributed by atoms with Crippen LogP contribution in [0, 0.1) is 0 Å². The number of ether oxygens (including phenoxy) is 1. The molecule has 6 nitrogen and oxygen atoms in total. The summed E-state index contributed by atoms with van der Waals surface area (Å²) in [7, 11) is 4.15. The van der Waals surface area contributed by atoms with E-state index < -0.39 is 17.9 Å². The van der Waals surface area contributed by atoms with E-state index in [1.807, 2.05) is 0 Å². The molecule has 0 bridgehead atoms. The highest BCUT2D eigenvalue weighted by Crippen LogP contribution is 2.21. The Labute approximate surface area is 126 Å². The SMILES string of the molecule is C=CC(=O)NCCSSCC(NC(=O)C=C)C(=O)OC. The van der Waals surface area contributed by atoms with Crippen LogP contribution < -0.4 is 10.6 Å². The van der Waals surface area contributed by atoms with Crippen LogP contribution >= 0.6 is 21.6 Å². The van der Waals surface area contributed by atoms with Gasteiger partial charge in [-0.2, -0.15) is 0 Å². The number of hydrogen-bond donors (Lipinski definition) is 2. The van der Waals surface area contributed by atoms with Crippen LogP contribution in [-0.4, -0.2) is 49.0 Å². The third kappa shape index (κ3) is 8.65. The van der Waals surface area contributed by atoms with Crippen molar-refractivity contribution in [3.05, 3.63) is 25.3 Å². The Morgan fingerprint density at radius 1 is 1.20 bits per heavy atom. The first-order valence-electron chi connectivity index (χ1n) is 5.70. The van der Waals surface area contributed by atoms with Crippen molar-refractivity contribution in [2.24, 2.45) is 0 Å². The summed E-state index contributed by atoms with van der Waals surface area (Å²) in [4.78, 5) is 33.5. The van der Waals surface area contributed by atoms with Crippen LogP contribution in [0.2, 0.25) is 0 Å². The lowest BCUT2D eigenvalue weighted by Crippen LogP contribution is -2.42. The molecular weight excluding hydrogens is 300 g/mol. The maximum atomic E-state index is 11.4. The predicted molar refractivity (Wildman–Crippen MR) is 82.3 cm³/mol. The quantitative estimate of drug-likeness (QED) is 0.264. The van der Waals surface area contributed by atoms with Crippen molar-refractivity contribution >= 4 is 39.4 Å². The van der Waals surface area contributed by atoms with E-state index in [0.717, 1.165) is 6.08 Å². The molecule has 20 heavy (non-hydrogen) atoms. The van der Waals surface area contributed by atoms with Gasteiger partial charge < -0.3 is 15.4 Å². The zero-order chi connectivity index (χ0) is 15.4. The van der Waals surface area contributed by atoms with Gasteiger partial charge >= 0.3 is 5.97 Å². The van der Waals surface area contributed by atoms with Crippen molar-refractivity contribution in [1.82, 2.24) is 10.6 Å². The minimum atomic E-state index is -0.717. The normalized spacial score (nSPS) is 11.1.